The van der Waals surface area contributed by atoms with Crippen LogP contribution in [-0.4, -0.2) is 34.7 Å². The molecule has 3 amide bonds. The van der Waals surface area contributed by atoms with Crippen molar-refractivity contribution in [2.24, 2.45) is 0 Å². The van der Waals surface area contributed by atoms with E-state index in [0.29, 0.717) is 24.3 Å². The highest BCUT2D eigenvalue weighted by atomic mass is 35.5. The van der Waals surface area contributed by atoms with E-state index in [1.54, 1.807) is 18.2 Å². The highest BCUT2D eigenvalue weighted by Gasteiger charge is 2.32. The van der Waals surface area contributed by atoms with Crippen LogP contribution < -0.4 is 16.0 Å². The summed E-state index contributed by atoms with van der Waals surface area (Å²) in [6, 6.07) is 14.5. The molecule has 0 saturated heterocycles. The second-order valence-electron chi connectivity index (χ2n) is 9.54. The van der Waals surface area contributed by atoms with E-state index in [4.69, 9.17) is 16.7 Å². The van der Waals surface area contributed by atoms with Crippen molar-refractivity contribution in [3.63, 3.8) is 0 Å². The molecule has 0 aromatic heterocycles. The molecular formula is C29H25ClF3N3O5. The molecule has 3 aromatic rings. The maximum atomic E-state index is 12.2. The number of carbonyl (C=O) groups is 4. The average molecular weight is 588 g/mol. The number of carbonyl (C=O) groups excluding carboxylic acids is 3. The minimum atomic E-state index is -4.36. The molecule has 0 atom stereocenters. The van der Waals surface area contributed by atoms with Gasteiger partial charge in [-0.2, -0.15) is 13.2 Å². The molecule has 214 valence electrons. The number of carboxylic acid groups (broad SMARTS) is 1. The van der Waals surface area contributed by atoms with E-state index in [9.17, 15) is 32.3 Å². The fourth-order valence-electron chi connectivity index (χ4n) is 4.51. The molecule has 3 aliphatic rings. The predicted molar refractivity (Wildman–Crippen MR) is 147 cm³/mol. The normalized spacial score (nSPS) is 14.3. The number of aliphatic carboxylic acids is 1. The van der Waals surface area contributed by atoms with Crippen LogP contribution in [-0.2, 0) is 57.5 Å². The van der Waals surface area contributed by atoms with Crippen molar-refractivity contribution in [1.82, 2.24) is 0 Å². The summed E-state index contributed by atoms with van der Waals surface area (Å²) in [5.41, 5.74) is 5.79. The number of rotatable bonds is 4. The lowest BCUT2D eigenvalue weighted by Crippen LogP contribution is -2.06. The van der Waals surface area contributed by atoms with E-state index in [-0.39, 0.29) is 36.3 Å². The van der Waals surface area contributed by atoms with Gasteiger partial charge in [0, 0.05) is 22.9 Å². The number of alkyl halides is 4. The SMILES string of the molecule is O=C(O)Cc1ccc2c(c1)CC(=O)N2.O=C1Cc2cc(CCCl)ccc2N1.O=C1Cc2ccc(C(F)(F)F)cc2N1. The minimum Gasteiger partial charge on any atom is -0.481 e. The fraction of sp³-hybridized carbons (Fsp3) is 0.241. The highest BCUT2D eigenvalue weighted by molar-refractivity contribution is 6.18. The number of anilines is 3. The smallest absolute Gasteiger partial charge is 0.416 e. The Bertz CT molecular complexity index is 1520. The summed E-state index contributed by atoms with van der Waals surface area (Å²) in [5, 5.41) is 16.4. The van der Waals surface area contributed by atoms with Gasteiger partial charge in [0.2, 0.25) is 17.7 Å². The summed E-state index contributed by atoms with van der Waals surface area (Å²) in [7, 11) is 0. The van der Waals surface area contributed by atoms with Crippen LogP contribution in [0.4, 0.5) is 30.2 Å². The standard InChI is InChI=1S/C10H10ClNO.C10H9NO3.C9H6F3NO/c11-4-3-7-1-2-9-8(5-7)6-10(13)12-9;12-9-5-7-3-6(4-10(13)14)1-2-8(7)11-9;10-9(11,12)6-2-1-5-3-8(14)13-7(5)4-6/h1-2,5H,3-4,6H2,(H,12,13);1-3H,4-5H2,(H,11,12)(H,13,14);1-2,4H,3H2,(H,13,14). The van der Waals surface area contributed by atoms with Gasteiger partial charge in [0.1, 0.15) is 0 Å². The van der Waals surface area contributed by atoms with Crippen LogP contribution in [0.1, 0.15) is 33.4 Å². The number of aryl methyl sites for hydroxylation is 1. The summed E-state index contributed by atoms with van der Waals surface area (Å²) >= 11 is 5.63. The van der Waals surface area contributed by atoms with Crippen LogP contribution in [0.2, 0.25) is 0 Å². The molecule has 3 aliphatic heterocycles. The van der Waals surface area contributed by atoms with Crippen LogP contribution in [0.3, 0.4) is 0 Å². The van der Waals surface area contributed by atoms with Crippen LogP contribution in [0.15, 0.2) is 54.6 Å². The van der Waals surface area contributed by atoms with E-state index in [0.717, 1.165) is 46.6 Å². The van der Waals surface area contributed by atoms with Gasteiger partial charge in [0.05, 0.1) is 31.2 Å². The molecule has 3 heterocycles. The number of hydrogen-bond acceptors (Lipinski definition) is 4. The summed E-state index contributed by atoms with van der Waals surface area (Å²) < 4.78 is 36.7. The van der Waals surface area contributed by atoms with Gasteiger partial charge in [0.25, 0.3) is 0 Å². The second-order valence-corrected chi connectivity index (χ2v) is 9.92. The molecule has 0 spiro atoms. The molecular weight excluding hydrogens is 563 g/mol. The van der Waals surface area contributed by atoms with Gasteiger partial charge < -0.3 is 21.1 Å². The van der Waals surface area contributed by atoms with Gasteiger partial charge >= 0.3 is 12.1 Å². The molecule has 0 aliphatic carbocycles. The third-order valence-electron chi connectivity index (χ3n) is 6.39. The number of hydrogen-bond donors (Lipinski definition) is 4. The average Bonchev–Trinajstić information content (AvgIpc) is 3.56. The van der Waals surface area contributed by atoms with E-state index in [1.165, 1.54) is 11.6 Å². The first kappa shape index (κ1) is 29.6. The zero-order valence-corrected chi connectivity index (χ0v) is 22.3. The van der Waals surface area contributed by atoms with Gasteiger partial charge in [-0.05, 0) is 58.5 Å². The Balaban J connectivity index is 0.000000142. The summed E-state index contributed by atoms with van der Waals surface area (Å²) in [4.78, 5) is 43.4. The molecule has 0 fully saturated rings. The number of fused-ring (bicyclic) bond motifs is 3. The Morgan fingerprint density at radius 1 is 0.732 bits per heavy atom. The largest absolute Gasteiger partial charge is 0.481 e. The van der Waals surface area contributed by atoms with Gasteiger partial charge in [-0.15, -0.1) is 11.6 Å². The third-order valence-corrected chi connectivity index (χ3v) is 6.58. The fourth-order valence-corrected chi connectivity index (χ4v) is 4.72. The first-order chi connectivity index (χ1) is 19.4. The number of halogens is 4. The number of amides is 3. The Morgan fingerprint density at radius 3 is 1.78 bits per heavy atom. The van der Waals surface area contributed by atoms with Gasteiger partial charge in [-0.25, -0.2) is 0 Å². The number of carboxylic acids is 1. The third kappa shape index (κ3) is 7.85. The number of benzene rings is 3. The predicted octanol–water partition coefficient (Wildman–Crippen LogP) is 4.97. The lowest BCUT2D eigenvalue weighted by Gasteiger charge is -2.07. The Morgan fingerprint density at radius 2 is 1.24 bits per heavy atom. The van der Waals surface area contributed by atoms with Crippen molar-refractivity contribution in [3.05, 3.63) is 88.0 Å². The Kier molecular flexibility index (Phi) is 8.97. The second kappa shape index (κ2) is 12.4. The number of nitrogens with one attached hydrogen (secondary N) is 3. The van der Waals surface area contributed by atoms with Gasteiger partial charge in [-0.1, -0.05) is 30.3 Å². The van der Waals surface area contributed by atoms with Crippen LogP contribution >= 0.6 is 11.6 Å². The highest BCUT2D eigenvalue weighted by Crippen LogP contribution is 2.34. The Labute approximate surface area is 237 Å². The van der Waals surface area contributed by atoms with Crippen molar-refractivity contribution < 1.29 is 37.5 Å². The first-order valence-electron chi connectivity index (χ1n) is 12.5. The maximum Gasteiger partial charge on any atom is 0.416 e. The van der Waals surface area contributed by atoms with Crippen molar-refractivity contribution in [3.8, 4) is 0 Å². The summed E-state index contributed by atoms with van der Waals surface area (Å²) in [6.45, 7) is 0. The molecule has 4 N–H and O–H groups in total. The molecule has 0 unspecified atom stereocenters. The van der Waals surface area contributed by atoms with Crippen molar-refractivity contribution >= 4 is 52.4 Å². The summed E-state index contributed by atoms with van der Waals surface area (Å²) in [6.07, 6.45) is -2.48. The molecule has 0 radical (unpaired) electrons. The van der Waals surface area contributed by atoms with Gasteiger partial charge in [-0.3, -0.25) is 19.2 Å². The van der Waals surface area contributed by atoms with Crippen molar-refractivity contribution in [1.29, 1.82) is 0 Å². The topological polar surface area (TPSA) is 125 Å². The van der Waals surface area contributed by atoms with E-state index in [2.05, 4.69) is 22.0 Å². The molecule has 6 rings (SSSR count). The van der Waals surface area contributed by atoms with Crippen molar-refractivity contribution in [2.45, 2.75) is 38.3 Å². The van der Waals surface area contributed by atoms with Crippen molar-refractivity contribution in [2.75, 3.05) is 21.8 Å². The van der Waals surface area contributed by atoms with Gasteiger partial charge in [0.15, 0.2) is 0 Å². The maximum absolute atomic E-state index is 12.2. The Hall–Kier alpha value is -4.38. The minimum absolute atomic E-state index is 0.00146. The molecule has 0 saturated carbocycles. The van der Waals surface area contributed by atoms with Crippen LogP contribution in [0.25, 0.3) is 0 Å². The first-order valence-corrected chi connectivity index (χ1v) is 13.1. The summed E-state index contributed by atoms with van der Waals surface area (Å²) in [5.74, 6) is -0.452. The van der Waals surface area contributed by atoms with Crippen LogP contribution in [0.5, 0.6) is 0 Å². The lowest BCUT2D eigenvalue weighted by atomic mass is 10.1. The quantitative estimate of drug-likeness (QED) is 0.321. The van der Waals surface area contributed by atoms with E-state index in [1.807, 2.05) is 12.1 Å². The zero-order chi connectivity index (χ0) is 29.7. The van der Waals surface area contributed by atoms with E-state index < -0.39 is 17.7 Å². The molecule has 12 heteroatoms. The zero-order valence-electron chi connectivity index (χ0n) is 21.5. The molecule has 3 aromatic carbocycles. The molecule has 0 bridgehead atoms. The van der Waals surface area contributed by atoms with E-state index >= 15 is 0 Å². The lowest BCUT2D eigenvalue weighted by molar-refractivity contribution is -0.138. The molecule has 41 heavy (non-hydrogen) atoms. The monoisotopic (exact) mass is 587 g/mol. The molecule has 8 nitrogen and oxygen atoms in total. The van der Waals surface area contributed by atoms with Crippen LogP contribution in [0, 0.1) is 0 Å².